The van der Waals surface area contributed by atoms with Crippen LogP contribution in [0.15, 0.2) is 49.8 Å². The number of carbonyl (C=O) groups is 1. The summed E-state index contributed by atoms with van der Waals surface area (Å²) in [6.07, 6.45) is 0. The summed E-state index contributed by atoms with van der Waals surface area (Å²) in [5.74, 6) is -0.542. The van der Waals surface area contributed by atoms with Crippen molar-refractivity contribution in [2.45, 2.75) is 0 Å². The van der Waals surface area contributed by atoms with E-state index in [0.29, 0.717) is 17.0 Å². The van der Waals surface area contributed by atoms with Crippen molar-refractivity contribution in [3.8, 4) is 11.5 Å². The van der Waals surface area contributed by atoms with Gasteiger partial charge in [0, 0.05) is 14.5 Å². The van der Waals surface area contributed by atoms with Crippen LogP contribution in [0.5, 0.6) is 0 Å². The highest BCUT2D eigenvalue weighted by molar-refractivity contribution is 9.11. The van der Waals surface area contributed by atoms with Crippen molar-refractivity contribution in [3.63, 3.8) is 0 Å². The molecule has 2 aromatic carbocycles. The monoisotopic (exact) mass is 395 g/mol. The minimum absolute atomic E-state index is 0.177. The van der Waals surface area contributed by atoms with Gasteiger partial charge in [0.25, 0.3) is 0 Å². The van der Waals surface area contributed by atoms with E-state index in [-0.39, 0.29) is 5.56 Å². The van der Waals surface area contributed by atoms with Crippen molar-refractivity contribution < 1.29 is 14.3 Å². The molecule has 0 fully saturated rings. The molecule has 0 radical (unpaired) electrons. The molecular weight excluding hydrogens is 390 g/mol. The van der Waals surface area contributed by atoms with E-state index in [0.717, 1.165) is 14.5 Å². The molecule has 0 saturated carbocycles. The Balaban J connectivity index is 2.15. The molecule has 0 spiro atoms. The third-order valence-electron chi connectivity index (χ3n) is 2.74. The molecule has 0 amide bonds. The lowest BCUT2D eigenvalue weighted by molar-refractivity contribution is 0.0697. The highest BCUT2D eigenvalue weighted by atomic mass is 79.9. The van der Waals surface area contributed by atoms with E-state index in [1.807, 2.05) is 18.2 Å². The van der Waals surface area contributed by atoms with Gasteiger partial charge in [-0.2, -0.15) is 0 Å². The predicted octanol–water partition coefficient (Wildman–Crippen LogP) is 4.72. The number of halogens is 2. The molecule has 1 heterocycles. The zero-order chi connectivity index (χ0) is 14.3. The lowest BCUT2D eigenvalue weighted by Gasteiger charge is -1.98. The number of carboxylic acids is 1. The van der Waals surface area contributed by atoms with Crippen LogP contribution in [0.1, 0.15) is 10.4 Å². The first-order chi connectivity index (χ1) is 9.52. The Morgan fingerprint density at radius 3 is 2.45 bits per heavy atom. The van der Waals surface area contributed by atoms with E-state index in [1.54, 1.807) is 6.07 Å². The molecule has 1 aromatic heterocycles. The molecule has 0 aliphatic rings. The molecule has 4 nitrogen and oxygen atoms in total. The average molecular weight is 397 g/mol. The molecule has 20 heavy (non-hydrogen) atoms. The van der Waals surface area contributed by atoms with Crippen molar-refractivity contribution in [3.05, 3.63) is 50.9 Å². The second-order valence-corrected chi connectivity index (χ2v) is 6.00. The topological polar surface area (TPSA) is 63.3 Å². The van der Waals surface area contributed by atoms with E-state index in [2.05, 4.69) is 36.8 Å². The maximum absolute atomic E-state index is 10.9. The average Bonchev–Trinajstić information content (AvgIpc) is 2.80. The number of benzene rings is 2. The normalized spacial score (nSPS) is 10.9. The third kappa shape index (κ3) is 2.48. The number of carboxylic acid groups (broad SMARTS) is 1. The van der Waals surface area contributed by atoms with Gasteiger partial charge in [0.1, 0.15) is 5.52 Å². The minimum Gasteiger partial charge on any atom is -0.478 e. The Labute approximate surface area is 130 Å². The number of oxazole rings is 1. The Kier molecular flexibility index (Phi) is 3.35. The number of hydrogen-bond acceptors (Lipinski definition) is 3. The van der Waals surface area contributed by atoms with Gasteiger partial charge in [-0.15, -0.1) is 0 Å². The van der Waals surface area contributed by atoms with Crippen LogP contribution in [-0.4, -0.2) is 16.1 Å². The van der Waals surface area contributed by atoms with Crippen molar-refractivity contribution in [1.82, 2.24) is 4.98 Å². The Hall–Kier alpha value is -1.66. The SMILES string of the molecule is O=C(O)c1ccc2nc(-c3cc(Br)cc(Br)c3)oc2c1. The molecular formula is C14H7Br2NO3. The van der Waals surface area contributed by atoms with E-state index in [1.165, 1.54) is 12.1 Å². The first-order valence-electron chi connectivity index (χ1n) is 5.63. The van der Waals surface area contributed by atoms with Gasteiger partial charge in [-0.3, -0.25) is 0 Å². The molecule has 6 heteroatoms. The summed E-state index contributed by atoms with van der Waals surface area (Å²) in [7, 11) is 0. The maximum Gasteiger partial charge on any atom is 0.335 e. The fourth-order valence-electron chi connectivity index (χ4n) is 1.86. The van der Waals surface area contributed by atoms with E-state index in [4.69, 9.17) is 9.52 Å². The lowest BCUT2D eigenvalue weighted by atomic mass is 10.2. The molecule has 100 valence electrons. The molecule has 0 bridgehead atoms. The molecule has 3 rings (SSSR count). The summed E-state index contributed by atoms with van der Waals surface area (Å²) in [5, 5.41) is 8.97. The van der Waals surface area contributed by atoms with Crippen LogP contribution in [0.2, 0.25) is 0 Å². The lowest BCUT2D eigenvalue weighted by Crippen LogP contribution is -1.94. The Morgan fingerprint density at radius 2 is 1.80 bits per heavy atom. The van der Waals surface area contributed by atoms with Crippen LogP contribution >= 0.6 is 31.9 Å². The number of aromatic carboxylic acids is 1. The van der Waals surface area contributed by atoms with Crippen LogP contribution in [0.25, 0.3) is 22.6 Å². The second kappa shape index (κ2) is 5.03. The number of rotatable bonds is 2. The second-order valence-electron chi connectivity index (χ2n) is 4.16. The van der Waals surface area contributed by atoms with Gasteiger partial charge in [-0.25, -0.2) is 9.78 Å². The van der Waals surface area contributed by atoms with E-state index in [9.17, 15) is 4.79 Å². The van der Waals surface area contributed by atoms with Gasteiger partial charge in [0.05, 0.1) is 5.56 Å². The fraction of sp³-hybridized carbons (Fsp3) is 0. The largest absolute Gasteiger partial charge is 0.478 e. The quantitative estimate of drug-likeness (QED) is 0.680. The zero-order valence-electron chi connectivity index (χ0n) is 9.93. The predicted molar refractivity (Wildman–Crippen MR) is 81.8 cm³/mol. The summed E-state index contributed by atoms with van der Waals surface area (Å²) < 4.78 is 7.44. The first-order valence-corrected chi connectivity index (χ1v) is 7.22. The molecule has 0 unspecified atom stereocenters. The van der Waals surface area contributed by atoms with Crippen molar-refractivity contribution >= 4 is 48.9 Å². The minimum atomic E-state index is -0.991. The van der Waals surface area contributed by atoms with Crippen LogP contribution in [0.3, 0.4) is 0 Å². The Morgan fingerprint density at radius 1 is 1.10 bits per heavy atom. The van der Waals surface area contributed by atoms with Gasteiger partial charge in [0.15, 0.2) is 5.58 Å². The van der Waals surface area contributed by atoms with Crippen LogP contribution in [0.4, 0.5) is 0 Å². The van der Waals surface area contributed by atoms with Crippen molar-refractivity contribution in [2.24, 2.45) is 0 Å². The molecule has 0 atom stereocenters. The molecule has 0 aliphatic heterocycles. The number of hydrogen-bond donors (Lipinski definition) is 1. The van der Waals surface area contributed by atoms with Gasteiger partial charge in [-0.1, -0.05) is 31.9 Å². The molecule has 3 aromatic rings. The molecule has 0 saturated heterocycles. The first kappa shape index (κ1) is 13.3. The van der Waals surface area contributed by atoms with Gasteiger partial charge in [0.2, 0.25) is 5.89 Å². The highest BCUT2D eigenvalue weighted by Crippen LogP contribution is 2.29. The summed E-state index contributed by atoms with van der Waals surface area (Å²) in [4.78, 5) is 15.3. The number of nitrogens with zero attached hydrogens (tertiary/aromatic N) is 1. The van der Waals surface area contributed by atoms with E-state index < -0.39 is 5.97 Å². The maximum atomic E-state index is 10.9. The summed E-state index contributed by atoms with van der Waals surface area (Å²) in [6, 6.07) is 10.3. The smallest absolute Gasteiger partial charge is 0.335 e. The highest BCUT2D eigenvalue weighted by Gasteiger charge is 2.12. The summed E-state index contributed by atoms with van der Waals surface area (Å²) in [5.41, 5.74) is 2.06. The Bertz CT molecular complexity index is 806. The molecule has 0 aliphatic carbocycles. The van der Waals surface area contributed by atoms with E-state index >= 15 is 0 Å². The van der Waals surface area contributed by atoms with Gasteiger partial charge in [-0.05, 0) is 36.4 Å². The van der Waals surface area contributed by atoms with Gasteiger partial charge < -0.3 is 9.52 Å². The summed E-state index contributed by atoms with van der Waals surface area (Å²) in [6.45, 7) is 0. The zero-order valence-corrected chi connectivity index (χ0v) is 13.1. The third-order valence-corrected chi connectivity index (χ3v) is 3.66. The number of aromatic nitrogens is 1. The van der Waals surface area contributed by atoms with Crippen LogP contribution < -0.4 is 0 Å². The number of fused-ring (bicyclic) bond motifs is 1. The van der Waals surface area contributed by atoms with Gasteiger partial charge >= 0.3 is 5.97 Å². The summed E-state index contributed by atoms with van der Waals surface area (Å²) >= 11 is 6.82. The molecule has 1 N–H and O–H groups in total. The van der Waals surface area contributed by atoms with Crippen LogP contribution in [-0.2, 0) is 0 Å². The standard InChI is InChI=1S/C14H7Br2NO3/c15-9-3-8(4-10(16)6-9)13-17-11-2-1-7(14(18)19)5-12(11)20-13/h1-6H,(H,18,19). The van der Waals surface area contributed by atoms with Crippen LogP contribution in [0, 0.1) is 0 Å². The van der Waals surface area contributed by atoms with Crippen molar-refractivity contribution in [2.75, 3.05) is 0 Å². The fourth-order valence-corrected chi connectivity index (χ4v) is 3.15. The van der Waals surface area contributed by atoms with Crippen molar-refractivity contribution in [1.29, 1.82) is 0 Å².